The van der Waals surface area contributed by atoms with Crippen LogP contribution in [0.1, 0.15) is 52.7 Å². The summed E-state index contributed by atoms with van der Waals surface area (Å²) in [4.78, 5) is 29.6. The average molecular weight is 496 g/mol. The van der Waals surface area contributed by atoms with Crippen LogP contribution in [0, 0.1) is 11.3 Å². The minimum atomic E-state index is -1.28. The summed E-state index contributed by atoms with van der Waals surface area (Å²) < 4.78 is 5.74. The minimum Gasteiger partial charge on any atom is -0.443 e. The van der Waals surface area contributed by atoms with E-state index in [2.05, 4.69) is 20.8 Å². The second kappa shape index (κ2) is 8.58. The van der Waals surface area contributed by atoms with E-state index in [0.717, 1.165) is 22.5 Å². The Kier molecular flexibility index (Phi) is 5.74. The van der Waals surface area contributed by atoms with E-state index in [-0.39, 0.29) is 11.8 Å². The van der Waals surface area contributed by atoms with E-state index in [9.17, 15) is 9.59 Å². The molecule has 1 spiro atoms. The van der Waals surface area contributed by atoms with Gasteiger partial charge in [-0.2, -0.15) is 5.10 Å². The first kappa shape index (κ1) is 24.8. The van der Waals surface area contributed by atoms with Gasteiger partial charge in [0.2, 0.25) is 0 Å². The number of para-hydroxylation sites is 2. The van der Waals surface area contributed by atoms with Crippen molar-refractivity contribution in [2.24, 2.45) is 16.4 Å². The van der Waals surface area contributed by atoms with E-state index in [1.807, 2.05) is 89.9 Å². The Hall–Kier alpha value is -3.93. The number of hydrogen-bond donors (Lipinski definition) is 0. The molecule has 3 aromatic carbocycles. The molecule has 37 heavy (non-hydrogen) atoms. The Morgan fingerprint density at radius 3 is 2.00 bits per heavy atom. The summed E-state index contributed by atoms with van der Waals surface area (Å²) in [5.41, 5.74) is 1.37. The molecule has 0 bridgehead atoms. The van der Waals surface area contributed by atoms with E-state index in [1.165, 1.54) is 4.90 Å². The van der Waals surface area contributed by atoms with Gasteiger partial charge in [0.1, 0.15) is 5.60 Å². The maximum absolute atomic E-state index is 14.8. The van der Waals surface area contributed by atoms with Crippen LogP contribution >= 0.6 is 0 Å². The molecule has 2 amide bonds. The molecule has 0 saturated heterocycles. The fourth-order valence-corrected chi connectivity index (χ4v) is 5.62. The van der Waals surface area contributed by atoms with Crippen molar-refractivity contribution in [3.05, 3.63) is 96.1 Å². The van der Waals surface area contributed by atoms with E-state index in [1.54, 1.807) is 20.8 Å². The Morgan fingerprint density at radius 1 is 0.838 bits per heavy atom. The molecular weight excluding hydrogens is 462 g/mol. The topological polar surface area (TPSA) is 62.2 Å². The van der Waals surface area contributed by atoms with Crippen molar-refractivity contribution in [2.75, 3.05) is 9.91 Å². The number of fused-ring (bicyclic) bond motifs is 2. The van der Waals surface area contributed by atoms with E-state index in [4.69, 9.17) is 9.84 Å². The molecule has 0 fully saturated rings. The van der Waals surface area contributed by atoms with Gasteiger partial charge in [-0.15, -0.1) is 0 Å². The van der Waals surface area contributed by atoms with Crippen LogP contribution in [0.25, 0.3) is 0 Å². The summed E-state index contributed by atoms with van der Waals surface area (Å²) in [6.07, 6.45) is -0.685. The Labute approximate surface area is 218 Å². The van der Waals surface area contributed by atoms with Crippen molar-refractivity contribution < 1.29 is 14.3 Å². The number of hydrazone groups is 1. The normalized spacial score (nSPS) is 21.3. The molecule has 0 radical (unpaired) electrons. The fourth-order valence-electron chi connectivity index (χ4n) is 5.62. The first-order valence-electron chi connectivity index (χ1n) is 12.6. The lowest BCUT2D eigenvalue weighted by Crippen LogP contribution is -2.58. The molecule has 0 unspecified atom stereocenters. The number of ether oxygens (including phenoxy) is 1. The number of carbonyl (C=O) groups is 2. The highest BCUT2D eigenvalue weighted by atomic mass is 16.6. The van der Waals surface area contributed by atoms with Crippen molar-refractivity contribution >= 4 is 29.1 Å². The van der Waals surface area contributed by atoms with Gasteiger partial charge in [0, 0.05) is 11.5 Å². The van der Waals surface area contributed by atoms with Crippen LogP contribution in [-0.4, -0.2) is 23.3 Å². The van der Waals surface area contributed by atoms with E-state index < -0.39 is 22.6 Å². The van der Waals surface area contributed by atoms with Crippen molar-refractivity contribution in [1.82, 2.24) is 0 Å². The molecule has 2 aliphatic rings. The van der Waals surface area contributed by atoms with Gasteiger partial charge >= 0.3 is 6.09 Å². The minimum absolute atomic E-state index is 0.360. The zero-order valence-corrected chi connectivity index (χ0v) is 22.2. The van der Waals surface area contributed by atoms with Gasteiger partial charge < -0.3 is 4.74 Å². The van der Waals surface area contributed by atoms with Gasteiger partial charge in [-0.1, -0.05) is 87.5 Å². The monoisotopic (exact) mass is 495 g/mol. The third kappa shape index (κ3) is 3.91. The Morgan fingerprint density at radius 2 is 1.41 bits per heavy atom. The van der Waals surface area contributed by atoms with Crippen LogP contribution in [0.2, 0.25) is 0 Å². The lowest BCUT2D eigenvalue weighted by Gasteiger charge is -2.43. The molecule has 190 valence electrons. The lowest BCUT2D eigenvalue weighted by atomic mass is 9.63. The van der Waals surface area contributed by atoms with Crippen molar-refractivity contribution in [2.45, 2.75) is 52.7 Å². The molecule has 0 saturated carbocycles. The number of imide groups is 1. The molecule has 2 heterocycles. The average Bonchev–Trinajstić information content (AvgIpc) is 3.34. The lowest BCUT2D eigenvalue weighted by molar-refractivity contribution is -0.125. The van der Waals surface area contributed by atoms with Crippen LogP contribution in [0.4, 0.5) is 16.2 Å². The second-order valence-corrected chi connectivity index (χ2v) is 11.7. The number of rotatable bonds is 2. The van der Waals surface area contributed by atoms with Crippen LogP contribution in [-0.2, 0) is 15.1 Å². The first-order chi connectivity index (χ1) is 17.5. The number of benzene rings is 3. The summed E-state index contributed by atoms with van der Waals surface area (Å²) in [5, 5.41) is 7.01. The Bertz CT molecular complexity index is 1370. The first-order valence-corrected chi connectivity index (χ1v) is 12.6. The van der Waals surface area contributed by atoms with Crippen molar-refractivity contribution in [3.63, 3.8) is 0 Å². The quantitative estimate of drug-likeness (QED) is 0.394. The van der Waals surface area contributed by atoms with E-state index >= 15 is 0 Å². The van der Waals surface area contributed by atoms with Gasteiger partial charge in [0.05, 0.1) is 17.1 Å². The van der Waals surface area contributed by atoms with Crippen LogP contribution in [0.5, 0.6) is 0 Å². The number of hydrogen-bond acceptors (Lipinski definition) is 5. The SMILES string of the molecule is CC(C)(C)OC(=O)N1C(=O)[C@@]2(c3ccccc31)[C@H](C(C)(C)C)C(c1ccccc1)=NN2c1ccccc1. The van der Waals surface area contributed by atoms with Gasteiger partial charge in [-0.25, -0.2) is 14.7 Å². The standard InChI is InChI=1S/C31H33N3O3/c1-29(2,3)26-25(21-15-9-7-10-16-21)32-34(22-17-11-8-12-18-22)31(26)23-19-13-14-20-24(23)33(27(31)35)28(36)37-30(4,5)6/h7-20,26H,1-6H3/t26-,31+/m0/s1. The van der Waals surface area contributed by atoms with Crippen LogP contribution in [0.3, 0.4) is 0 Å². The molecule has 0 N–H and O–H groups in total. The smallest absolute Gasteiger partial charge is 0.421 e. The summed E-state index contributed by atoms with van der Waals surface area (Å²) >= 11 is 0. The van der Waals surface area contributed by atoms with E-state index in [0.29, 0.717) is 5.69 Å². The molecule has 5 rings (SSSR count). The van der Waals surface area contributed by atoms with Gasteiger partial charge in [0.25, 0.3) is 5.91 Å². The number of carbonyl (C=O) groups excluding carboxylic acids is 2. The highest BCUT2D eigenvalue weighted by Gasteiger charge is 2.68. The summed E-state index contributed by atoms with van der Waals surface area (Å²) in [6.45, 7) is 11.8. The van der Waals surface area contributed by atoms with Gasteiger partial charge in [-0.05, 0) is 49.9 Å². The van der Waals surface area contributed by atoms with Crippen molar-refractivity contribution in [3.8, 4) is 0 Å². The Balaban J connectivity index is 1.82. The third-order valence-corrected chi connectivity index (χ3v) is 6.83. The molecule has 0 aliphatic carbocycles. The highest BCUT2D eigenvalue weighted by Crippen LogP contribution is 2.58. The van der Waals surface area contributed by atoms with Crippen molar-refractivity contribution in [1.29, 1.82) is 0 Å². The zero-order valence-electron chi connectivity index (χ0n) is 22.2. The zero-order chi connectivity index (χ0) is 26.6. The molecule has 3 aromatic rings. The predicted molar refractivity (Wildman–Crippen MR) is 147 cm³/mol. The number of amides is 2. The molecular formula is C31H33N3O3. The highest BCUT2D eigenvalue weighted by molar-refractivity contribution is 6.25. The number of anilines is 2. The second-order valence-electron chi connectivity index (χ2n) is 11.7. The maximum atomic E-state index is 14.8. The predicted octanol–water partition coefficient (Wildman–Crippen LogP) is 6.75. The largest absolute Gasteiger partial charge is 0.443 e. The molecule has 6 heteroatoms. The van der Waals surface area contributed by atoms with Gasteiger partial charge in [0.15, 0.2) is 5.54 Å². The van der Waals surface area contributed by atoms with Gasteiger partial charge in [-0.3, -0.25) is 4.79 Å². The molecule has 0 aromatic heterocycles. The number of nitrogens with zero attached hydrogens (tertiary/aromatic N) is 3. The summed E-state index contributed by atoms with van der Waals surface area (Å²) in [7, 11) is 0. The maximum Gasteiger partial charge on any atom is 0.421 e. The third-order valence-electron chi connectivity index (χ3n) is 6.83. The van der Waals surface area contributed by atoms with Crippen LogP contribution < -0.4 is 9.91 Å². The van der Waals surface area contributed by atoms with Crippen LogP contribution in [0.15, 0.2) is 90.0 Å². The molecule has 2 aliphatic heterocycles. The summed E-state index contributed by atoms with van der Waals surface area (Å²) in [6, 6.07) is 27.2. The fraction of sp³-hybridized carbons (Fsp3) is 0.323. The molecule has 6 nitrogen and oxygen atoms in total. The molecule has 2 atom stereocenters. The summed E-state index contributed by atoms with van der Waals surface area (Å²) in [5.74, 6) is -0.731.